The molecule has 0 fully saturated rings. The van der Waals surface area contributed by atoms with Crippen molar-refractivity contribution in [2.75, 3.05) is 13.6 Å². The van der Waals surface area contributed by atoms with E-state index >= 15 is 0 Å². The van der Waals surface area contributed by atoms with Gasteiger partial charge in [0.05, 0.1) is 0 Å². The molecular weight excluding hydrogens is 190 g/mol. The van der Waals surface area contributed by atoms with E-state index in [-0.39, 0.29) is 0 Å². The van der Waals surface area contributed by atoms with Gasteiger partial charge in [0.25, 0.3) is 10.1 Å². The first-order valence-corrected chi connectivity index (χ1v) is 6.06. The summed E-state index contributed by atoms with van der Waals surface area (Å²) < 4.78 is 30.2. The van der Waals surface area contributed by atoms with Gasteiger partial charge in [0, 0.05) is 0 Å². The summed E-state index contributed by atoms with van der Waals surface area (Å²) in [5.74, 6) is 0. The quantitative estimate of drug-likeness (QED) is 0.530. The molecule has 0 radical (unpaired) electrons. The van der Waals surface area contributed by atoms with Crippen LogP contribution in [0.2, 0.25) is 0 Å². The molecule has 1 atom stereocenters. The van der Waals surface area contributed by atoms with Crippen molar-refractivity contribution in [2.24, 2.45) is 0 Å². The van der Waals surface area contributed by atoms with Gasteiger partial charge in [-0.05, 0) is 26.9 Å². The van der Waals surface area contributed by atoms with Crippen molar-refractivity contribution >= 4 is 10.1 Å². The molecule has 1 N–H and O–H groups in total. The van der Waals surface area contributed by atoms with Gasteiger partial charge >= 0.3 is 0 Å². The minimum absolute atomic E-state index is 0.703. The van der Waals surface area contributed by atoms with Crippen molar-refractivity contribution in [1.82, 2.24) is 4.90 Å². The molecule has 0 saturated carbocycles. The molecule has 4 nitrogen and oxygen atoms in total. The van der Waals surface area contributed by atoms with Crippen LogP contribution in [0.15, 0.2) is 0 Å². The molecule has 0 amide bonds. The van der Waals surface area contributed by atoms with Crippen LogP contribution in [-0.4, -0.2) is 36.8 Å². The minimum Gasteiger partial charge on any atom is -0.289 e. The molecule has 0 heterocycles. The molecule has 0 spiro atoms. The lowest BCUT2D eigenvalue weighted by Gasteiger charge is -2.21. The molecule has 0 bridgehead atoms. The van der Waals surface area contributed by atoms with E-state index in [4.69, 9.17) is 4.55 Å². The first kappa shape index (κ1) is 12.9. The SMILES string of the molecule is CCCCCN(C)C(C)S(=O)(=O)O. The molecule has 0 aliphatic heterocycles. The second kappa shape index (κ2) is 5.57. The third-order valence-corrected chi connectivity index (χ3v) is 3.39. The summed E-state index contributed by atoms with van der Waals surface area (Å²) in [4.78, 5) is 1.64. The lowest BCUT2D eigenvalue weighted by Crippen LogP contribution is -2.36. The van der Waals surface area contributed by atoms with Crippen LogP contribution in [0, 0.1) is 0 Å². The fraction of sp³-hybridized carbons (Fsp3) is 1.00. The number of nitrogens with zero attached hydrogens (tertiary/aromatic N) is 1. The van der Waals surface area contributed by atoms with Gasteiger partial charge < -0.3 is 0 Å². The van der Waals surface area contributed by atoms with E-state index in [9.17, 15) is 8.42 Å². The van der Waals surface area contributed by atoms with Gasteiger partial charge in [0.2, 0.25) is 0 Å². The van der Waals surface area contributed by atoms with E-state index in [0.29, 0.717) is 6.54 Å². The maximum absolute atomic E-state index is 10.7. The topological polar surface area (TPSA) is 57.6 Å². The van der Waals surface area contributed by atoms with Gasteiger partial charge in [-0.25, -0.2) is 0 Å². The van der Waals surface area contributed by atoms with Crippen LogP contribution in [0.5, 0.6) is 0 Å². The molecule has 1 unspecified atom stereocenters. The maximum atomic E-state index is 10.7. The number of hydrogen-bond donors (Lipinski definition) is 1. The average molecular weight is 209 g/mol. The Hall–Kier alpha value is -0.130. The second-order valence-corrected chi connectivity index (χ2v) is 5.01. The average Bonchev–Trinajstić information content (AvgIpc) is 2.01. The van der Waals surface area contributed by atoms with Crippen molar-refractivity contribution in [3.63, 3.8) is 0 Å². The Labute approximate surface area is 80.7 Å². The van der Waals surface area contributed by atoms with E-state index in [1.807, 2.05) is 0 Å². The van der Waals surface area contributed by atoms with E-state index in [2.05, 4.69) is 6.92 Å². The fourth-order valence-electron chi connectivity index (χ4n) is 1.02. The normalized spacial score (nSPS) is 14.8. The van der Waals surface area contributed by atoms with Gasteiger partial charge in [0.1, 0.15) is 5.37 Å². The van der Waals surface area contributed by atoms with Crippen LogP contribution in [0.4, 0.5) is 0 Å². The van der Waals surface area contributed by atoms with E-state index in [0.717, 1.165) is 19.3 Å². The monoisotopic (exact) mass is 209 g/mol. The Morgan fingerprint density at radius 1 is 1.38 bits per heavy atom. The number of unbranched alkanes of at least 4 members (excludes halogenated alkanes) is 2. The lowest BCUT2D eigenvalue weighted by molar-refractivity contribution is 0.292. The van der Waals surface area contributed by atoms with Crippen LogP contribution in [0.1, 0.15) is 33.1 Å². The summed E-state index contributed by atoms with van der Waals surface area (Å²) in [5.41, 5.74) is 0. The Morgan fingerprint density at radius 2 is 1.92 bits per heavy atom. The number of hydrogen-bond acceptors (Lipinski definition) is 3. The first-order valence-electron chi connectivity index (χ1n) is 4.56. The number of rotatable bonds is 6. The van der Waals surface area contributed by atoms with Crippen molar-refractivity contribution in [2.45, 2.75) is 38.5 Å². The summed E-state index contributed by atoms with van der Waals surface area (Å²) in [5, 5.41) is -0.802. The minimum atomic E-state index is -3.91. The zero-order valence-electron chi connectivity index (χ0n) is 8.52. The summed E-state index contributed by atoms with van der Waals surface area (Å²) in [6.07, 6.45) is 3.16. The van der Waals surface area contributed by atoms with Gasteiger partial charge in [-0.15, -0.1) is 0 Å². The Morgan fingerprint density at radius 3 is 2.31 bits per heavy atom. The van der Waals surface area contributed by atoms with Crippen molar-refractivity contribution < 1.29 is 13.0 Å². The summed E-state index contributed by atoms with van der Waals surface area (Å²) >= 11 is 0. The fourth-order valence-corrected chi connectivity index (χ4v) is 1.58. The summed E-state index contributed by atoms with van der Waals surface area (Å²) in [6.45, 7) is 4.28. The molecule has 5 heteroatoms. The predicted octanol–water partition coefficient (Wildman–Crippen LogP) is 1.34. The first-order chi connectivity index (χ1) is 5.89. The Balaban J connectivity index is 3.90. The molecule has 0 aromatic heterocycles. The molecule has 0 aliphatic rings. The van der Waals surface area contributed by atoms with Crippen LogP contribution >= 0.6 is 0 Å². The highest BCUT2D eigenvalue weighted by Crippen LogP contribution is 2.05. The molecule has 0 aliphatic carbocycles. The standard InChI is InChI=1S/C8H19NO3S/c1-4-5-6-7-9(3)8(2)13(10,11)12/h8H,4-7H2,1-3H3,(H,10,11,12). The van der Waals surface area contributed by atoms with Gasteiger partial charge in [-0.2, -0.15) is 8.42 Å². The van der Waals surface area contributed by atoms with Crippen molar-refractivity contribution in [3.05, 3.63) is 0 Å². The molecule has 0 rings (SSSR count). The zero-order chi connectivity index (χ0) is 10.5. The highest BCUT2D eigenvalue weighted by atomic mass is 32.2. The third-order valence-electron chi connectivity index (χ3n) is 2.17. The lowest BCUT2D eigenvalue weighted by atomic mass is 10.2. The van der Waals surface area contributed by atoms with Gasteiger partial charge in [0.15, 0.2) is 0 Å². The highest BCUT2D eigenvalue weighted by molar-refractivity contribution is 7.86. The summed E-state index contributed by atoms with van der Waals surface area (Å²) in [7, 11) is -2.21. The molecule has 13 heavy (non-hydrogen) atoms. The second-order valence-electron chi connectivity index (χ2n) is 3.30. The van der Waals surface area contributed by atoms with Gasteiger partial charge in [-0.3, -0.25) is 9.45 Å². The van der Waals surface area contributed by atoms with Crippen LogP contribution in [-0.2, 0) is 10.1 Å². The van der Waals surface area contributed by atoms with Gasteiger partial charge in [-0.1, -0.05) is 19.8 Å². The molecule has 0 aromatic rings. The Bertz CT molecular complexity index is 226. The molecule has 0 saturated heterocycles. The Kier molecular flexibility index (Phi) is 5.51. The smallest absolute Gasteiger partial charge is 0.280 e. The van der Waals surface area contributed by atoms with E-state index in [1.165, 1.54) is 6.92 Å². The predicted molar refractivity (Wildman–Crippen MR) is 53.2 cm³/mol. The molecule has 0 aromatic carbocycles. The van der Waals surface area contributed by atoms with Crippen molar-refractivity contribution in [1.29, 1.82) is 0 Å². The molecular formula is C8H19NO3S. The molecule has 80 valence electrons. The summed E-state index contributed by atoms with van der Waals surface area (Å²) in [6, 6.07) is 0. The highest BCUT2D eigenvalue weighted by Gasteiger charge is 2.21. The third kappa shape index (κ3) is 5.23. The van der Waals surface area contributed by atoms with E-state index < -0.39 is 15.5 Å². The van der Waals surface area contributed by atoms with Crippen LogP contribution in [0.25, 0.3) is 0 Å². The van der Waals surface area contributed by atoms with Crippen molar-refractivity contribution in [3.8, 4) is 0 Å². The largest absolute Gasteiger partial charge is 0.289 e. The van der Waals surface area contributed by atoms with Crippen LogP contribution in [0.3, 0.4) is 0 Å². The zero-order valence-corrected chi connectivity index (χ0v) is 9.34. The maximum Gasteiger partial charge on any atom is 0.280 e. The van der Waals surface area contributed by atoms with E-state index in [1.54, 1.807) is 11.9 Å². The van der Waals surface area contributed by atoms with Crippen LogP contribution < -0.4 is 0 Å².